The number of ether oxygens (including phenoxy) is 2. The minimum atomic E-state index is -0.360. The van der Waals surface area contributed by atoms with Gasteiger partial charge in [-0.15, -0.1) is 0 Å². The maximum Gasteiger partial charge on any atom is 0.167 e. The fourth-order valence-electron chi connectivity index (χ4n) is 2.74. The van der Waals surface area contributed by atoms with Gasteiger partial charge in [-0.2, -0.15) is 0 Å². The highest BCUT2D eigenvalue weighted by molar-refractivity contribution is 6.30. The molecule has 0 saturated carbocycles. The second-order valence-corrected chi connectivity index (χ2v) is 5.70. The number of anilines is 1. The van der Waals surface area contributed by atoms with E-state index in [0.717, 1.165) is 39.0 Å². The molecule has 0 spiro atoms. The van der Waals surface area contributed by atoms with Crippen LogP contribution in [0.15, 0.2) is 12.3 Å². The van der Waals surface area contributed by atoms with Gasteiger partial charge in [0, 0.05) is 25.9 Å². The van der Waals surface area contributed by atoms with E-state index in [0.29, 0.717) is 17.4 Å². The molecule has 0 radical (unpaired) electrons. The topological polar surface area (TPSA) is 34.6 Å². The van der Waals surface area contributed by atoms with Crippen molar-refractivity contribution < 1.29 is 13.9 Å². The van der Waals surface area contributed by atoms with Crippen molar-refractivity contribution in [1.29, 1.82) is 0 Å². The summed E-state index contributed by atoms with van der Waals surface area (Å²) >= 11 is 5.72. The molecule has 1 unspecified atom stereocenters. The third-order valence-electron chi connectivity index (χ3n) is 3.80. The lowest BCUT2D eigenvalue weighted by molar-refractivity contribution is -0.0262. The molecule has 0 N–H and O–H groups in total. The molecule has 3 rings (SSSR count). The molecule has 1 atom stereocenters. The number of hydrogen-bond donors (Lipinski definition) is 0. The molecule has 1 aromatic rings. The predicted molar refractivity (Wildman–Crippen MR) is 74.7 cm³/mol. The zero-order valence-electron chi connectivity index (χ0n) is 11.2. The van der Waals surface area contributed by atoms with Crippen LogP contribution in [-0.2, 0) is 9.47 Å². The van der Waals surface area contributed by atoms with Gasteiger partial charge in [0.05, 0.1) is 23.8 Å². The average molecular weight is 301 g/mol. The monoisotopic (exact) mass is 300 g/mol. The lowest BCUT2D eigenvalue weighted by Crippen LogP contribution is -2.39. The van der Waals surface area contributed by atoms with Crippen LogP contribution in [0.25, 0.3) is 0 Å². The molecule has 2 aliphatic rings. The number of pyridine rings is 1. The van der Waals surface area contributed by atoms with Crippen LogP contribution in [0.1, 0.15) is 19.3 Å². The van der Waals surface area contributed by atoms with Gasteiger partial charge in [-0.3, -0.25) is 0 Å². The van der Waals surface area contributed by atoms with Crippen LogP contribution in [-0.4, -0.2) is 43.5 Å². The maximum absolute atomic E-state index is 13.8. The van der Waals surface area contributed by atoms with Gasteiger partial charge in [-0.25, -0.2) is 9.37 Å². The van der Waals surface area contributed by atoms with E-state index < -0.39 is 0 Å². The van der Waals surface area contributed by atoms with Crippen molar-refractivity contribution in [2.24, 2.45) is 0 Å². The Balaban J connectivity index is 1.55. The predicted octanol–water partition coefficient (Wildman–Crippen LogP) is 2.65. The van der Waals surface area contributed by atoms with Gasteiger partial charge >= 0.3 is 0 Å². The quantitative estimate of drug-likeness (QED) is 0.859. The van der Waals surface area contributed by atoms with Crippen LogP contribution in [0, 0.1) is 5.82 Å². The van der Waals surface area contributed by atoms with Gasteiger partial charge in [0.2, 0.25) is 0 Å². The van der Waals surface area contributed by atoms with Crippen molar-refractivity contribution in [2.75, 3.05) is 31.2 Å². The number of halogens is 2. The fraction of sp³-hybridized carbons (Fsp3) is 0.643. The summed E-state index contributed by atoms with van der Waals surface area (Å²) in [5, 5.41) is 0.325. The highest BCUT2D eigenvalue weighted by Crippen LogP contribution is 2.25. The van der Waals surface area contributed by atoms with E-state index in [1.165, 1.54) is 12.3 Å². The minimum Gasteiger partial charge on any atom is -0.379 e. The summed E-state index contributed by atoms with van der Waals surface area (Å²) in [5.74, 6) is 0.0260. The lowest BCUT2D eigenvalue weighted by atomic mass is 10.1. The van der Waals surface area contributed by atoms with E-state index in [9.17, 15) is 4.39 Å². The molecular formula is C14H18ClFN2O2. The first-order chi connectivity index (χ1) is 9.72. The van der Waals surface area contributed by atoms with Gasteiger partial charge in [0.1, 0.15) is 0 Å². The molecule has 110 valence electrons. The van der Waals surface area contributed by atoms with Crippen LogP contribution >= 0.6 is 11.6 Å². The highest BCUT2D eigenvalue weighted by Gasteiger charge is 2.26. The fourth-order valence-corrected chi connectivity index (χ4v) is 2.88. The Hall–Kier alpha value is -0.910. The number of rotatable bonds is 3. The molecule has 0 aliphatic carbocycles. The normalized spacial score (nSPS) is 24.3. The Kier molecular flexibility index (Phi) is 4.38. The minimum absolute atomic E-state index is 0.233. The second-order valence-electron chi connectivity index (χ2n) is 5.27. The number of hydrogen-bond acceptors (Lipinski definition) is 4. The molecular weight excluding hydrogens is 283 g/mol. The molecule has 2 saturated heterocycles. The summed E-state index contributed by atoms with van der Waals surface area (Å²) in [6.07, 6.45) is 4.72. The summed E-state index contributed by atoms with van der Waals surface area (Å²) in [6, 6.07) is 1.31. The second kappa shape index (κ2) is 6.24. The van der Waals surface area contributed by atoms with E-state index in [1.54, 1.807) is 0 Å². The van der Waals surface area contributed by atoms with E-state index in [4.69, 9.17) is 21.1 Å². The first-order valence-corrected chi connectivity index (χ1v) is 7.39. The Morgan fingerprint density at radius 1 is 1.30 bits per heavy atom. The number of nitrogens with zero attached hydrogens (tertiary/aromatic N) is 2. The Labute approximate surface area is 122 Å². The summed E-state index contributed by atoms with van der Waals surface area (Å²) in [5.41, 5.74) is 0. The molecule has 2 fully saturated rings. The standard InChI is InChI=1S/C14H18ClFN2O2/c15-10-7-13(16)14(17-8-10)18-4-1-11(2-5-18)20-12-3-6-19-9-12/h7-8,11-12H,1-6,9H2. The van der Waals surface area contributed by atoms with Crippen molar-refractivity contribution in [1.82, 2.24) is 4.98 Å². The van der Waals surface area contributed by atoms with Crippen LogP contribution < -0.4 is 4.90 Å². The zero-order chi connectivity index (χ0) is 13.9. The largest absolute Gasteiger partial charge is 0.379 e. The van der Waals surface area contributed by atoms with Gasteiger partial charge in [0.25, 0.3) is 0 Å². The van der Waals surface area contributed by atoms with E-state index >= 15 is 0 Å². The SMILES string of the molecule is Fc1cc(Cl)cnc1N1CCC(OC2CCOC2)CC1. The van der Waals surface area contributed by atoms with Crippen molar-refractivity contribution in [3.63, 3.8) is 0 Å². The summed E-state index contributed by atoms with van der Waals surface area (Å²) in [6.45, 7) is 3.00. The van der Waals surface area contributed by atoms with Crippen molar-refractivity contribution in [3.8, 4) is 0 Å². The third kappa shape index (κ3) is 3.22. The first kappa shape index (κ1) is 14.0. The lowest BCUT2D eigenvalue weighted by Gasteiger charge is -2.33. The van der Waals surface area contributed by atoms with E-state index in [1.807, 2.05) is 4.90 Å². The Morgan fingerprint density at radius 2 is 2.10 bits per heavy atom. The van der Waals surface area contributed by atoms with E-state index in [2.05, 4.69) is 4.98 Å². The maximum atomic E-state index is 13.8. The van der Waals surface area contributed by atoms with E-state index in [-0.39, 0.29) is 18.0 Å². The average Bonchev–Trinajstić information content (AvgIpc) is 2.93. The van der Waals surface area contributed by atoms with Gasteiger partial charge in [-0.1, -0.05) is 11.6 Å². The van der Waals surface area contributed by atoms with Crippen LogP contribution in [0.5, 0.6) is 0 Å². The number of piperidine rings is 1. The Morgan fingerprint density at radius 3 is 2.75 bits per heavy atom. The molecule has 0 amide bonds. The molecule has 4 nitrogen and oxygen atoms in total. The molecule has 20 heavy (non-hydrogen) atoms. The zero-order valence-corrected chi connectivity index (χ0v) is 12.0. The van der Waals surface area contributed by atoms with Gasteiger partial charge in [0.15, 0.2) is 11.6 Å². The van der Waals surface area contributed by atoms with Crippen LogP contribution in [0.4, 0.5) is 10.2 Å². The van der Waals surface area contributed by atoms with Gasteiger partial charge < -0.3 is 14.4 Å². The van der Waals surface area contributed by atoms with Crippen LogP contribution in [0.3, 0.4) is 0 Å². The molecule has 1 aromatic heterocycles. The van der Waals surface area contributed by atoms with Crippen LogP contribution in [0.2, 0.25) is 5.02 Å². The molecule has 2 aliphatic heterocycles. The Bertz CT molecular complexity index is 460. The smallest absolute Gasteiger partial charge is 0.167 e. The van der Waals surface area contributed by atoms with Crippen molar-refractivity contribution in [2.45, 2.75) is 31.5 Å². The molecule has 6 heteroatoms. The summed E-state index contributed by atoms with van der Waals surface area (Å²) in [7, 11) is 0. The first-order valence-electron chi connectivity index (χ1n) is 7.01. The third-order valence-corrected chi connectivity index (χ3v) is 4.01. The summed E-state index contributed by atoms with van der Waals surface area (Å²) in [4.78, 5) is 6.04. The van der Waals surface area contributed by atoms with Crippen molar-refractivity contribution in [3.05, 3.63) is 23.1 Å². The molecule has 0 aromatic carbocycles. The molecule has 3 heterocycles. The molecule has 0 bridgehead atoms. The summed E-state index contributed by atoms with van der Waals surface area (Å²) < 4.78 is 25.1. The number of aromatic nitrogens is 1. The van der Waals surface area contributed by atoms with Crippen molar-refractivity contribution >= 4 is 17.4 Å². The highest BCUT2D eigenvalue weighted by atomic mass is 35.5. The van der Waals surface area contributed by atoms with Gasteiger partial charge in [-0.05, 0) is 25.3 Å².